The third-order valence-corrected chi connectivity index (χ3v) is 16.3. The number of carbonyl (C=O) groups is 2. The van der Waals surface area contributed by atoms with E-state index in [9.17, 15) is 14.7 Å². The lowest BCUT2D eigenvalue weighted by Gasteiger charge is -2.71. The number of aromatic nitrogens is 3. The van der Waals surface area contributed by atoms with E-state index in [1.165, 1.54) is 18.9 Å². The summed E-state index contributed by atoms with van der Waals surface area (Å²) in [5, 5.41) is 19.8. The molecule has 50 heavy (non-hydrogen) atoms. The molecule has 1 saturated heterocycles. The predicted molar refractivity (Wildman–Crippen MR) is 191 cm³/mol. The van der Waals surface area contributed by atoms with Crippen LogP contribution in [0.5, 0.6) is 0 Å². The number of ether oxygens (including phenoxy) is 3. The minimum Gasteiger partial charge on any atom is -0.481 e. The SMILES string of the molecule is COC(=O)c1cnnn1[C@@H]1C[C@@]23COC[C@](C)([C@@H]2CC[C@H]2C3=CC[C@@]3(C)[C@H](C(=O)O)[C@@](C)([C@H](C)C(C)C)CC[C@]23C)[C@H]1OC[C@](C)(N)C(C)C. The molecule has 0 amide bonds. The number of hydrogen-bond acceptors (Lipinski definition) is 8. The average Bonchev–Trinajstić information content (AvgIpc) is 3.53. The van der Waals surface area contributed by atoms with Crippen LogP contribution in [0, 0.1) is 62.6 Å². The molecule has 1 aromatic heterocycles. The third-order valence-electron chi connectivity index (χ3n) is 16.3. The summed E-state index contributed by atoms with van der Waals surface area (Å²) in [7, 11) is 1.38. The van der Waals surface area contributed by atoms with Crippen molar-refractivity contribution < 1.29 is 28.9 Å². The predicted octanol–water partition coefficient (Wildman–Crippen LogP) is 6.95. The van der Waals surface area contributed by atoms with Crippen LogP contribution in [0.3, 0.4) is 0 Å². The molecule has 10 nitrogen and oxygen atoms in total. The van der Waals surface area contributed by atoms with Crippen molar-refractivity contribution in [3.63, 3.8) is 0 Å². The average molecular weight is 697 g/mol. The maximum Gasteiger partial charge on any atom is 0.358 e. The molecular formula is C40H64N4O6. The van der Waals surface area contributed by atoms with Crippen LogP contribution in [-0.4, -0.2) is 70.6 Å². The van der Waals surface area contributed by atoms with Gasteiger partial charge in [0.25, 0.3) is 0 Å². The molecule has 5 aliphatic rings. The van der Waals surface area contributed by atoms with Gasteiger partial charge in [-0.05, 0) is 91.3 Å². The zero-order valence-electron chi connectivity index (χ0n) is 32.5. The maximum absolute atomic E-state index is 13.5. The first-order valence-corrected chi connectivity index (χ1v) is 19.2. The molecule has 0 unspecified atom stereocenters. The van der Waals surface area contributed by atoms with E-state index in [1.54, 1.807) is 4.68 Å². The Morgan fingerprint density at radius 2 is 1.80 bits per heavy atom. The summed E-state index contributed by atoms with van der Waals surface area (Å²) in [6, 6.07) is -0.311. The second kappa shape index (κ2) is 12.4. The number of hydrogen-bond donors (Lipinski definition) is 2. The smallest absolute Gasteiger partial charge is 0.358 e. The van der Waals surface area contributed by atoms with E-state index in [4.69, 9.17) is 19.9 Å². The molecular weight excluding hydrogens is 632 g/mol. The number of rotatable bonds is 9. The Labute approximate surface area is 299 Å². The molecule has 280 valence electrons. The summed E-state index contributed by atoms with van der Waals surface area (Å²) in [4.78, 5) is 26.6. The summed E-state index contributed by atoms with van der Waals surface area (Å²) in [5.41, 5.74) is 6.35. The highest BCUT2D eigenvalue weighted by atomic mass is 16.5. The first-order valence-electron chi connectivity index (χ1n) is 19.2. The lowest BCUT2D eigenvalue weighted by atomic mass is 9.34. The Morgan fingerprint density at radius 1 is 1.10 bits per heavy atom. The number of methoxy groups -OCH3 is 1. The van der Waals surface area contributed by atoms with Crippen molar-refractivity contribution >= 4 is 11.9 Å². The highest BCUT2D eigenvalue weighted by Gasteiger charge is 2.72. The van der Waals surface area contributed by atoms with E-state index in [-0.39, 0.29) is 52.1 Å². The maximum atomic E-state index is 13.5. The van der Waals surface area contributed by atoms with Crippen molar-refractivity contribution in [3.8, 4) is 0 Å². The molecule has 0 radical (unpaired) electrons. The van der Waals surface area contributed by atoms with Gasteiger partial charge in [-0.25, -0.2) is 9.48 Å². The van der Waals surface area contributed by atoms with Gasteiger partial charge in [0.15, 0.2) is 5.69 Å². The van der Waals surface area contributed by atoms with E-state index in [1.807, 2.05) is 6.92 Å². The largest absolute Gasteiger partial charge is 0.481 e. The molecule has 2 heterocycles. The van der Waals surface area contributed by atoms with Gasteiger partial charge in [0.05, 0.1) is 51.2 Å². The summed E-state index contributed by atoms with van der Waals surface area (Å²) < 4.78 is 20.6. The molecule has 1 aromatic rings. The molecule has 10 heteroatoms. The number of allylic oxidation sites excluding steroid dienone is 1. The molecule has 6 rings (SSSR count). The molecule has 4 aliphatic carbocycles. The van der Waals surface area contributed by atoms with E-state index in [0.717, 1.165) is 32.1 Å². The van der Waals surface area contributed by atoms with Crippen LogP contribution in [0.1, 0.15) is 124 Å². The van der Waals surface area contributed by atoms with Gasteiger partial charge in [-0.2, -0.15) is 0 Å². The fourth-order valence-corrected chi connectivity index (χ4v) is 12.3. The third kappa shape index (κ3) is 5.11. The quantitative estimate of drug-likeness (QED) is 0.207. The fraction of sp³-hybridized carbons (Fsp3) is 0.850. The van der Waals surface area contributed by atoms with E-state index in [0.29, 0.717) is 37.9 Å². The zero-order valence-corrected chi connectivity index (χ0v) is 32.5. The number of carbonyl (C=O) groups excluding carboxylic acids is 1. The van der Waals surface area contributed by atoms with Crippen molar-refractivity contribution in [1.82, 2.24) is 15.0 Å². The van der Waals surface area contributed by atoms with Crippen LogP contribution < -0.4 is 5.73 Å². The fourth-order valence-electron chi connectivity index (χ4n) is 12.3. The summed E-state index contributed by atoms with van der Waals surface area (Å²) >= 11 is 0. The molecule has 4 fully saturated rings. The summed E-state index contributed by atoms with van der Waals surface area (Å²) in [6.45, 7) is 23.7. The van der Waals surface area contributed by atoms with Gasteiger partial charge in [-0.3, -0.25) is 4.79 Å². The van der Waals surface area contributed by atoms with Crippen LogP contribution in [0.2, 0.25) is 0 Å². The first-order chi connectivity index (χ1) is 23.2. The van der Waals surface area contributed by atoms with Gasteiger partial charge >= 0.3 is 11.9 Å². The lowest BCUT2D eigenvalue weighted by Crippen LogP contribution is -2.69. The van der Waals surface area contributed by atoms with E-state index >= 15 is 0 Å². The lowest BCUT2D eigenvalue weighted by molar-refractivity contribution is -0.253. The van der Waals surface area contributed by atoms with Gasteiger partial charge in [0.2, 0.25) is 0 Å². The number of carboxylic acid groups (broad SMARTS) is 1. The Balaban J connectivity index is 1.48. The van der Waals surface area contributed by atoms with E-state index < -0.39 is 34.2 Å². The number of aliphatic carboxylic acids is 1. The van der Waals surface area contributed by atoms with Crippen LogP contribution in [0.4, 0.5) is 0 Å². The standard InChI is InChI=1S/C40H64N4O6/c1-23(2)25(5)35(6)16-17-37(8)26-12-13-30-36(7)20-49-22-40(30,27(26)14-15-38(37,9)31(35)33(45)46)18-28(32(36)50-21-39(10,41)24(3)4)44-29(19-42-43-44)34(47)48-11/h14,19,23-26,28,30-32H,12-13,15-18,20-22,41H2,1-11H3,(H,45,46)/t25-,26+,28-,30+,31-,32+,35-,36-,37-,38+,39+,40+/m1/s1. The summed E-state index contributed by atoms with van der Waals surface area (Å²) in [6.07, 6.45) is 8.91. The highest BCUT2D eigenvalue weighted by Crippen LogP contribution is 2.75. The number of fused-ring (bicyclic) bond motifs is 3. The Hall–Kier alpha value is -2.30. The van der Waals surface area contributed by atoms with Crippen molar-refractivity contribution in [2.24, 2.45) is 68.3 Å². The second-order valence-corrected chi connectivity index (χ2v) is 19.1. The number of carboxylic acids is 1. The number of nitrogens with two attached hydrogens (primary N) is 1. The van der Waals surface area contributed by atoms with Gasteiger partial charge in [0, 0.05) is 16.4 Å². The Kier molecular flexibility index (Phi) is 9.29. The molecule has 0 spiro atoms. The van der Waals surface area contributed by atoms with Crippen LogP contribution >= 0.6 is 0 Å². The van der Waals surface area contributed by atoms with E-state index in [2.05, 4.69) is 78.7 Å². The zero-order chi connectivity index (χ0) is 36.8. The molecule has 0 aromatic carbocycles. The van der Waals surface area contributed by atoms with Gasteiger partial charge < -0.3 is 25.1 Å². The van der Waals surface area contributed by atoms with Crippen molar-refractivity contribution in [2.45, 2.75) is 125 Å². The van der Waals surface area contributed by atoms with Crippen molar-refractivity contribution in [3.05, 3.63) is 23.5 Å². The second-order valence-electron chi connectivity index (χ2n) is 19.1. The highest BCUT2D eigenvalue weighted by molar-refractivity contribution is 5.87. The Bertz CT molecular complexity index is 1520. The van der Waals surface area contributed by atoms with Crippen LogP contribution in [0.15, 0.2) is 17.8 Å². The molecule has 3 saturated carbocycles. The van der Waals surface area contributed by atoms with Crippen molar-refractivity contribution in [1.29, 1.82) is 0 Å². The van der Waals surface area contributed by atoms with Gasteiger partial charge in [-0.15, -0.1) is 5.10 Å². The minimum atomic E-state index is -0.654. The summed E-state index contributed by atoms with van der Waals surface area (Å²) in [5.74, 6) is -0.199. The van der Waals surface area contributed by atoms with Crippen molar-refractivity contribution in [2.75, 3.05) is 26.9 Å². The van der Waals surface area contributed by atoms with Gasteiger partial charge in [-0.1, -0.05) is 79.2 Å². The Morgan fingerprint density at radius 3 is 2.42 bits per heavy atom. The minimum absolute atomic E-state index is 0.199. The number of esters is 1. The molecule has 12 atom stereocenters. The number of nitrogens with zero attached hydrogens (tertiary/aromatic N) is 3. The van der Waals surface area contributed by atoms with Crippen LogP contribution in [-0.2, 0) is 19.0 Å². The van der Waals surface area contributed by atoms with Crippen LogP contribution in [0.25, 0.3) is 0 Å². The molecule has 2 bridgehead atoms. The monoisotopic (exact) mass is 696 g/mol. The first kappa shape index (κ1) is 37.5. The topological polar surface area (TPSA) is 139 Å². The normalized spacial score (nSPS) is 42.8. The molecule has 1 aliphatic heterocycles. The van der Waals surface area contributed by atoms with Gasteiger partial charge in [0.1, 0.15) is 0 Å². The molecule has 3 N–H and O–H groups in total.